The molecule has 6 nitrogen and oxygen atoms in total. The second-order valence-corrected chi connectivity index (χ2v) is 7.31. The standard InChI is InChI=1S/C19H23NO5/c1-24-14-5-6-16-12(8-14)7-13(10-25-16)18(21)20-9-11-3-2-4-15(11)17(20)19(22)23/h5-6,8,11,13,15,17H,2-4,7,9-10H2,1H3,(H,22,23). The Balaban J connectivity index is 1.54. The zero-order chi connectivity index (χ0) is 17.6. The Kier molecular flexibility index (Phi) is 4.06. The molecule has 1 saturated carbocycles. The number of nitrogens with zero attached hydrogens (tertiary/aromatic N) is 1. The van der Waals surface area contributed by atoms with Crippen LogP contribution in [0.4, 0.5) is 0 Å². The number of hydrogen-bond acceptors (Lipinski definition) is 4. The number of carboxylic acids is 1. The van der Waals surface area contributed by atoms with E-state index in [2.05, 4.69) is 0 Å². The van der Waals surface area contributed by atoms with Crippen LogP contribution in [0.1, 0.15) is 24.8 Å². The predicted molar refractivity (Wildman–Crippen MR) is 89.7 cm³/mol. The Hall–Kier alpha value is -2.24. The molecule has 134 valence electrons. The van der Waals surface area contributed by atoms with Crippen molar-refractivity contribution >= 4 is 11.9 Å². The molecule has 2 fully saturated rings. The minimum absolute atomic E-state index is 0.0877. The van der Waals surface area contributed by atoms with Crippen LogP contribution in [0, 0.1) is 17.8 Å². The molecule has 3 aliphatic rings. The summed E-state index contributed by atoms with van der Waals surface area (Å²) < 4.78 is 11.0. The van der Waals surface area contributed by atoms with E-state index in [1.54, 1.807) is 12.0 Å². The smallest absolute Gasteiger partial charge is 0.326 e. The van der Waals surface area contributed by atoms with Gasteiger partial charge in [0, 0.05) is 6.54 Å². The number of benzene rings is 1. The first-order chi connectivity index (χ1) is 12.1. The van der Waals surface area contributed by atoms with Gasteiger partial charge in [0.25, 0.3) is 0 Å². The molecule has 0 bridgehead atoms. The molecule has 4 rings (SSSR count). The van der Waals surface area contributed by atoms with Gasteiger partial charge in [-0.1, -0.05) is 6.42 Å². The molecule has 4 unspecified atom stereocenters. The molecule has 1 N–H and O–H groups in total. The molecular formula is C19H23NO5. The molecule has 0 aromatic heterocycles. The topological polar surface area (TPSA) is 76.1 Å². The Labute approximate surface area is 146 Å². The fraction of sp³-hybridized carbons (Fsp3) is 0.579. The maximum absolute atomic E-state index is 13.1. The maximum atomic E-state index is 13.1. The van der Waals surface area contributed by atoms with Gasteiger partial charge < -0.3 is 19.5 Å². The van der Waals surface area contributed by atoms with Gasteiger partial charge in [0.15, 0.2) is 0 Å². The second kappa shape index (κ2) is 6.24. The number of fused-ring (bicyclic) bond motifs is 2. The first-order valence-corrected chi connectivity index (χ1v) is 8.91. The van der Waals surface area contributed by atoms with Gasteiger partial charge in [0.1, 0.15) is 24.1 Å². The Morgan fingerprint density at radius 3 is 2.92 bits per heavy atom. The van der Waals surface area contributed by atoms with Crippen LogP contribution in [-0.4, -0.2) is 48.2 Å². The van der Waals surface area contributed by atoms with E-state index in [4.69, 9.17) is 9.47 Å². The molecule has 1 amide bonds. The van der Waals surface area contributed by atoms with E-state index >= 15 is 0 Å². The molecule has 2 heterocycles. The molecule has 0 spiro atoms. The van der Waals surface area contributed by atoms with Crippen molar-refractivity contribution in [3.63, 3.8) is 0 Å². The van der Waals surface area contributed by atoms with Gasteiger partial charge in [-0.25, -0.2) is 4.79 Å². The Bertz CT molecular complexity index is 703. The number of hydrogen-bond donors (Lipinski definition) is 1. The van der Waals surface area contributed by atoms with E-state index in [1.165, 1.54) is 0 Å². The average molecular weight is 345 g/mol. The third-order valence-corrected chi connectivity index (χ3v) is 5.95. The lowest BCUT2D eigenvalue weighted by molar-refractivity contribution is -0.151. The molecule has 4 atom stereocenters. The number of rotatable bonds is 3. The molecule has 1 aromatic rings. The van der Waals surface area contributed by atoms with Gasteiger partial charge in [-0.2, -0.15) is 0 Å². The zero-order valence-corrected chi connectivity index (χ0v) is 14.3. The van der Waals surface area contributed by atoms with Crippen molar-refractivity contribution in [2.75, 3.05) is 20.3 Å². The quantitative estimate of drug-likeness (QED) is 0.906. The van der Waals surface area contributed by atoms with Gasteiger partial charge in [0.2, 0.25) is 5.91 Å². The summed E-state index contributed by atoms with van der Waals surface area (Å²) in [5, 5.41) is 9.66. The molecule has 6 heteroatoms. The molecule has 0 radical (unpaired) electrons. The summed E-state index contributed by atoms with van der Waals surface area (Å²) in [4.78, 5) is 26.5. The number of methoxy groups -OCH3 is 1. The minimum Gasteiger partial charge on any atom is -0.497 e. The Morgan fingerprint density at radius 2 is 2.16 bits per heavy atom. The van der Waals surface area contributed by atoms with Gasteiger partial charge in [0.05, 0.1) is 13.0 Å². The summed E-state index contributed by atoms with van der Waals surface area (Å²) in [5.41, 5.74) is 0.940. The highest BCUT2D eigenvalue weighted by Gasteiger charge is 2.50. The second-order valence-electron chi connectivity index (χ2n) is 7.31. The lowest BCUT2D eigenvalue weighted by Gasteiger charge is -2.31. The number of carbonyl (C=O) groups excluding carboxylic acids is 1. The minimum atomic E-state index is -0.874. The van der Waals surface area contributed by atoms with Crippen molar-refractivity contribution in [3.8, 4) is 11.5 Å². The number of amides is 1. The fourth-order valence-electron chi connectivity index (χ4n) is 4.74. The monoisotopic (exact) mass is 345 g/mol. The summed E-state index contributed by atoms with van der Waals surface area (Å²) in [6.45, 7) is 0.873. The van der Waals surface area contributed by atoms with E-state index in [1.807, 2.05) is 18.2 Å². The summed E-state index contributed by atoms with van der Waals surface area (Å²) >= 11 is 0. The SMILES string of the molecule is COc1ccc2c(c1)CC(C(=O)N1CC3CCCC3C1C(=O)O)CO2. The van der Waals surface area contributed by atoms with E-state index in [0.29, 0.717) is 25.5 Å². The van der Waals surface area contributed by atoms with E-state index in [0.717, 1.165) is 36.3 Å². The van der Waals surface area contributed by atoms with Crippen LogP contribution in [0.25, 0.3) is 0 Å². The van der Waals surface area contributed by atoms with Gasteiger partial charge in [-0.3, -0.25) is 4.79 Å². The molecular weight excluding hydrogens is 322 g/mol. The average Bonchev–Trinajstić information content (AvgIpc) is 3.20. The van der Waals surface area contributed by atoms with Gasteiger partial charge >= 0.3 is 5.97 Å². The van der Waals surface area contributed by atoms with Gasteiger partial charge in [-0.05, 0) is 54.9 Å². The highest BCUT2D eigenvalue weighted by Crippen LogP contribution is 2.43. The van der Waals surface area contributed by atoms with Crippen LogP contribution in [0.2, 0.25) is 0 Å². The molecule has 1 aliphatic carbocycles. The number of likely N-dealkylation sites (tertiary alicyclic amines) is 1. The Morgan fingerprint density at radius 1 is 1.32 bits per heavy atom. The molecule has 1 aromatic carbocycles. The fourth-order valence-corrected chi connectivity index (χ4v) is 4.74. The first-order valence-electron chi connectivity index (χ1n) is 8.91. The summed E-state index contributed by atoms with van der Waals surface area (Å²) in [6, 6.07) is 4.91. The third kappa shape index (κ3) is 2.73. The molecule has 25 heavy (non-hydrogen) atoms. The normalized spacial score (nSPS) is 30.4. The number of carbonyl (C=O) groups is 2. The van der Waals surface area contributed by atoms with Crippen molar-refractivity contribution in [2.45, 2.75) is 31.7 Å². The highest BCUT2D eigenvalue weighted by molar-refractivity contribution is 5.86. The molecule has 2 aliphatic heterocycles. The van der Waals surface area contributed by atoms with Crippen LogP contribution in [-0.2, 0) is 16.0 Å². The first kappa shape index (κ1) is 16.2. The van der Waals surface area contributed by atoms with Crippen LogP contribution in [0.15, 0.2) is 18.2 Å². The predicted octanol–water partition coefficient (Wildman–Crippen LogP) is 1.96. The maximum Gasteiger partial charge on any atom is 0.326 e. The number of aliphatic carboxylic acids is 1. The number of carboxylic acid groups (broad SMARTS) is 1. The van der Waals surface area contributed by atoms with Crippen molar-refractivity contribution in [3.05, 3.63) is 23.8 Å². The highest BCUT2D eigenvalue weighted by atomic mass is 16.5. The van der Waals surface area contributed by atoms with Crippen molar-refractivity contribution < 1.29 is 24.2 Å². The largest absolute Gasteiger partial charge is 0.497 e. The summed E-state index contributed by atoms with van der Waals surface area (Å²) in [5.74, 6) is 0.657. The third-order valence-electron chi connectivity index (χ3n) is 5.95. The summed E-state index contributed by atoms with van der Waals surface area (Å²) in [6.07, 6.45) is 3.57. The van der Waals surface area contributed by atoms with E-state index < -0.39 is 12.0 Å². The van der Waals surface area contributed by atoms with Crippen LogP contribution >= 0.6 is 0 Å². The number of ether oxygens (including phenoxy) is 2. The van der Waals surface area contributed by atoms with Gasteiger partial charge in [-0.15, -0.1) is 0 Å². The molecule has 1 saturated heterocycles. The van der Waals surface area contributed by atoms with Crippen molar-refractivity contribution in [1.29, 1.82) is 0 Å². The van der Waals surface area contributed by atoms with E-state index in [9.17, 15) is 14.7 Å². The van der Waals surface area contributed by atoms with Crippen LogP contribution < -0.4 is 9.47 Å². The van der Waals surface area contributed by atoms with Crippen molar-refractivity contribution in [1.82, 2.24) is 4.90 Å². The van der Waals surface area contributed by atoms with Crippen molar-refractivity contribution in [2.24, 2.45) is 17.8 Å². The van der Waals surface area contributed by atoms with Crippen LogP contribution in [0.5, 0.6) is 11.5 Å². The lowest BCUT2D eigenvalue weighted by Crippen LogP contribution is -2.48. The summed E-state index contributed by atoms with van der Waals surface area (Å²) in [7, 11) is 1.61. The van der Waals surface area contributed by atoms with E-state index in [-0.39, 0.29) is 17.7 Å². The lowest BCUT2D eigenvalue weighted by atomic mass is 9.93. The zero-order valence-electron chi connectivity index (χ0n) is 14.3. The van der Waals surface area contributed by atoms with Crippen LogP contribution in [0.3, 0.4) is 0 Å².